The van der Waals surface area contributed by atoms with Gasteiger partial charge in [0.25, 0.3) is 0 Å². The second kappa shape index (κ2) is 7.48. The van der Waals surface area contributed by atoms with Crippen molar-refractivity contribution in [1.82, 2.24) is 4.90 Å². The maximum Gasteiger partial charge on any atom is 0.223 e. The summed E-state index contributed by atoms with van der Waals surface area (Å²) in [7, 11) is -4.46. The summed E-state index contributed by atoms with van der Waals surface area (Å²) in [5.41, 5.74) is 0. The van der Waals surface area contributed by atoms with Crippen molar-refractivity contribution in [2.45, 2.75) is 31.7 Å². The molecule has 0 bridgehead atoms. The molecule has 0 aromatic carbocycles. The summed E-state index contributed by atoms with van der Waals surface area (Å²) in [4.78, 5) is 14.2. The van der Waals surface area contributed by atoms with Gasteiger partial charge in [0.2, 0.25) is 5.91 Å². The smallest absolute Gasteiger partial charge is 0.223 e. The first kappa shape index (κ1) is 18.7. The number of hydrogen-bond donors (Lipinski definition) is 0. The van der Waals surface area contributed by atoms with Crippen molar-refractivity contribution >= 4 is 25.6 Å². The topological polar surface area (TPSA) is 97.8 Å². The van der Waals surface area contributed by atoms with Crippen molar-refractivity contribution in [3.63, 3.8) is 0 Å². The van der Waals surface area contributed by atoms with Gasteiger partial charge in [-0.05, 0) is 25.2 Å². The lowest BCUT2D eigenvalue weighted by atomic mass is 9.97. The molecule has 0 aliphatic carbocycles. The fourth-order valence-electron chi connectivity index (χ4n) is 3.23. The third-order valence-electron chi connectivity index (χ3n) is 4.64. The number of sulfone groups is 2. The third kappa shape index (κ3) is 5.42. The van der Waals surface area contributed by atoms with E-state index in [1.165, 1.54) is 0 Å². The molecule has 0 spiro atoms. The second-order valence-corrected chi connectivity index (χ2v) is 11.0. The maximum absolute atomic E-state index is 12.6. The normalized spacial score (nSPS) is 26.9. The Labute approximate surface area is 138 Å². The van der Waals surface area contributed by atoms with Crippen molar-refractivity contribution in [1.29, 1.82) is 0 Å². The number of hydrogen-bond acceptors (Lipinski definition) is 6. The highest BCUT2D eigenvalue weighted by Crippen LogP contribution is 2.25. The Bertz CT molecular complexity index is 614. The highest BCUT2D eigenvalue weighted by atomic mass is 32.2. The number of carbonyl (C=O) groups is 1. The molecular formula is C14H25NO6S2. The molecule has 1 unspecified atom stereocenters. The lowest BCUT2D eigenvalue weighted by Gasteiger charge is -2.30. The predicted molar refractivity (Wildman–Crippen MR) is 86.6 cm³/mol. The van der Waals surface area contributed by atoms with Crippen molar-refractivity contribution in [2.24, 2.45) is 5.92 Å². The minimum absolute atomic E-state index is 0.0154. The van der Waals surface area contributed by atoms with Gasteiger partial charge in [0.1, 0.15) is 9.84 Å². The zero-order valence-electron chi connectivity index (χ0n) is 13.4. The van der Waals surface area contributed by atoms with E-state index in [1.54, 1.807) is 12.0 Å². The molecule has 7 nitrogen and oxygen atoms in total. The number of rotatable bonds is 6. The first-order valence-corrected chi connectivity index (χ1v) is 11.6. The molecule has 0 aromatic rings. The first-order valence-electron chi connectivity index (χ1n) is 7.92. The minimum Gasteiger partial charge on any atom is -0.383 e. The molecule has 2 aliphatic rings. The molecular weight excluding hydrogens is 342 g/mol. The Hall–Kier alpha value is -0.670. The van der Waals surface area contributed by atoms with E-state index in [4.69, 9.17) is 4.74 Å². The van der Waals surface area contributed by atoms with Gasteiger partial charge in [-0.3, -0.25) is 4.79 Å². The molecule has 0 N–H and O–H groups in total. The first-order chi connectivity index (χ1) is 10.7. The van der Waals surface area contributed by atoms with Crippen LogP contribution in [0.25, 0.3) is 0 Å². The van der Waals surface area contributed by atoms with Crippen LogP contribution in [0.2, 0.25) is 0 Å². The zero-order chi connectivity index (χ0) is 17.1. The van der Waals surface area contributed by atoms with Gasteiger partial charge in [-0.1, -0.05) is 0 Å². The van der Waals surface area contributed by atoms with Crippen LogP contribution >= 0.6 is 0 Å². The van der Waals surface area contributed by atoms with Crippen LogP contribution in [-0.4, -0.2) is 77.0 Å². The maximum atomic E-state index is 12.6. The van der Waals surface area contributed by atoms with E-state index in [2.05, 4.69) is 0 Å². The van der Waals surface area contributed by atoms with E-state index in [0.29, 0.717) is 32.4 Å². The summed E-state index contributed by atoms with van der Waals surface area (Å²) in [6.45, 7) is 0.738. The number of nitrogens with zero attached hydrogens (tertiary/aromatic N) is 1. The largest absolute Gasteiger partial charge is 0.383 e. The number of ether oxygens (including phenoxy) is 1. The highest BCUT2D eigenvalue weighted by molar-refractivity contribution is 7.91. The van der Waals surface area contributed by atoms with E-state index < -0.39 is 19.7 Å². The van der Waals surface area contributed by atoms with Crippen molar-refractivity contribution in [3.05, 3.63) is 0 Å². The molecule has 1 atom stereocenters. The van der Waals surface area contributed by atoms with Crippen LogP contribution in [-0.2, 0) is 29.2 Å². The fourth-order valence-corrected chi connectivity index (χ4v) is 6.55. The lowest BCUT2D eigenvalue weighted by molar-refractivity contribution is -0.134. The minimum atomic E-state index is -3.06. The third-order valence-corrected chi connectivity index (χ3v) is 8.11. The molecule has 2 aliphatic heterocycles. The summed E-state index contributed by atoms with van der Waals surface area (Å²) in [5.74, 6) is 0.390. The molecule has 23 heavy (non-hydrogen) atoms. The summed E-state index contributed by atoms with van der Waals surface area (Å²) in [6, 6.07) is -0.282. The van der Waals surface area contributed by atoms with Crippen LogP contribution in [0, 0.1) is 5.92 Å². The van der Waals surface area contributed by atoms with Gasteiger partial charge in [-0.25, -0.2) is 16.8 Å². The van der Waals surface area contributed by atoms with Gasteiger partial charge >= 0.3 is 0 Å². The van der Waals surface area contributed by atoms with Crippen LogP contribution in [0.4, 0.5) is 0 Å². The fraction of sp³-hybridized carbons (Fsp3) is 0.929. The molecule has 0 aromatic heterocycles. The van der Waals surface area contributed by atoms with Crippen LogP contribution in [0.5, 0.6) is 0 Å². The Morgan fingerprint density at radius 2 is 1.65 bits per heavy atom. The molecule has 1 amide bonds. The molecule has 2 rings (SSSR count). The Balaban J connectivity index is 1.97. The van der Waals surface area contributed by atoms with Crippen LogP contribution in [0.15, 0.2) is 0 Å². The Kier molecular flexibility index (Phi) is 6.07. The summed E-state index contributed by atoms with van der Waals surface area (Å²) in [6.07, 6.45) is 1.77. The number of methoxy groups -OCH3 is 1. The standard InChI is InChI=1S/C14H25NO6S2/c1-21-6-5-15(13-4-9-23(19,20)11-13)14(16)10-12-2-7-22(17,18)8-3-12/h12-13H,2-11H2,1H3. The average Bonchev–Trinajstić information content (AvgIpc) is 2.82. The van der Waals surface area contributed by atoms with Crippen molar-refractivity contribution < 1.29 is 26.4 Å². The lowest BCUT2D eigenvalue weighted by Crippen LogP contribution is -2.44. The van der Waals surface area contributed by atoms with Crippen molar-refractivity contribution in [3.8, 4) is 0 Å². The zero-order valence-corrected chi connectivity index (χ0v) is 15.1. The predicted octanol–water partition coefficient (Wildman–Crippen LogP) is -0.137. The van der Waals surface area contributed by atoms with Gasteiger partial charge in [-0.2, -0.15) is 0 Å². The van der Waals surface area contributed by atoms with Gasteiger partial charge in [0, 0.05) is 26.1 Å². The van der Waals surface area contributed by atoms with E-state index in [0.717, 1.165) is 0 Å². The average molecular weight is 367 g/mol. The van der Waals surface area contributed by atoms with E-state index >= 15 is 0 Å². The van der Waals surface area contributed by atoms with E-state index in [9.17, 15) is 21.6 Å². The molecule has 0 saturated carbocycles. The molecule has 134 valence electrons. The van der Waals surface area contributed by atoms with Gasteiger partial charge in [0.15, 0.2) is 9.84 Å². The van der Waals surface area contributed by atoms with Crippen LogP contribution in [0.3, 0.4) is 0 Å². The summed E-state index contributed by atoms with van der Waals surface area (Å²) >= 11 is 0. The van der Waals surface area contributed by atoms with E-state index in [1.807, 2.05) is 0 Å². The molecule has 0 radical (unpaired) electrons. The molecule has 2 saturated heterocycles. The SMILES string of the molecule is COCCN(C(=O)CC1CCS(=O)(=O)CC1)C1CCS(=O)(=O)C1. The summed E-state index contributed by atoms with van der Waals surface area (Å²) in [5, 5.41) is 0. The Morgan fingerprint density at radius 1 is 1.04 bits per heavy atom. The van der Waals surface area contributed by atoms with Gasteiger partial charge in [-0.15, -0.1) is 0 Å². The second-order valence-electron chi connectivity index (χ2n) is 6.44. The van der Waals surface area contributed by atoms with Gasteiger partial charge < -0.3 is 9.64 Å². The molecule has 9 heteroatoms. The summed E-state index contributed by atoms with van der Waals surface area (Å²) < 4.78 is 51.3. The number of amides is 1. The van der Waals surface area contributed by atoms with E-state index in [-0.39, 0.29) is 47.3 Å². The van der Waals surface area contributed by atoms with Gasteiger partial charge in [0.05, 0.1) is 29.6 Å². The molecule has 2 fully saturated rings. The number of carbonyl (C=O) groups excluding carboxylic acids is 1. The van der Waals surface area contributed by atoms with Crippen LogP contribution in [0.1, 0.15) is 25.7 Å². The molecule has 2 heterocycles. The quantitative estimate of drug-likeness (QED) is 0.648. The van der Waals surface area contributed by atoms with Crippen LogP contribution < -0.4 is 0 Å². The monoisotopic (exact) mass is 367 g/mol. The highest BCUT2D eigenvalue weighted by Gasteiger charge is 2.35. The van der Waals surface area contributed by atoms with Crippen molar-refractivity contribution in [2.75, 3.05) is 43.3 Å². The Morgan fingerprint density at radius 3 is 2.17 bits per heavy atom.